The molecule has 0 radical (unpaired) electrons. The monoisotopic (exact) mass is 407 g/mol. The molecule has 2 aromatic rings. The van der Waals surface area contributed by atoms with E-state index in [4.69, 9.17) is 14.2 Å². The van der Waals surface area contributed by atoms with Gasteiger partial charge in [-0.1, -0.05) is 68.9 Å². The molecule has 1 atom stereocenters. The lowest BCUT2D eigenvalue weighted by Crippen LogP contribution is -2.16. The number of ether oxygens (including phenoxy) is 3. The molecule has 0 amide bonds. The molecule has 4 heteroatoms. The first-order valence-corrected chi connectivity index (χ1v) is 11.3. The molecule has 1 aromatic heterocycles. The average molecular weight is 408 g/mol. The Balaban J connectivity index is 1.61. The summed E-state index contributed by atoms with van der Waals surface area (Å²) in [6, 6.07) is 13.9. The predicted molar refractivity (Wildman–Crippen MR) is 120 cm³/mol. The molecule has 1 saturated heterocycles. The lowest BCUT2D eigenvalue weighted by Gasteiger charge is -2.12. The zero-order chi connectivity index (χ0) is 20.9. The number of nitrogens with zero attached hydrogens (tertiary/aromatic N) is 1. The quantitative estimate of drug-likeness (QED) is 0.342. The molecule has 1 unspecified atom stereocenters. The van der Waals surface area contributed by atoms with Crippen LogP contribution in [0.3, 0.4) is 0 Å². The third kappa shape index (κ3) is 8.08. The van der Waals surface area contributed by atoms with E-state index in [1.807, 2.05) is 30.3 Å². The molecule has 3 rings (SSSR count). The van der Waals surface area contributed by atoms with E-state index < -0.39 is 0 Å². The van der Waals surface area contributed by atoms with Crippen molar-refractivity contribution in [2.75, 3.05) is 13.2 Å². The van der Waals surface area contributed by atoms with Crippen LogP contribution >= 0.6 is 0 Å². The van der Waals surface area contributed by atoms with Crippen LogP contribution in [0.1, 0.15) is 69.5 Å². The summed E-state index contributed by atoms with van der Waals surface area (Å²) < 4.78 is 17.6. The van der Waals surface area contributed by atoms with Gasteiger partial charge in [-0.3, -0.25) is 0 Å². The van der Waals surface area contributed by atoms with Crippen LogP contribution < -0.4 is 9.47 Å². The van der Waals surface area contributed by atoms with Gasteiger partial charge >= 0.3 is 0 Å². The van der Waals surface area contributed by atoms with Crippen molar-refractivity contribution in [1.29, 1.82) is 0 Å². The summed E-state index contributed by atoms with van der Waals surface area (Å²) in [5.74, 6) is 7.72. The van der Waals surface area contributed by atoms with Crippen molar-refractivity contribution in [1.82, 2.24) is 4.98 Å². The maximum atomic E-state index is 6.00. The van der Waals surface area contributed by atoms with E-state index in [-0.39, 0.29) is 6.10 Å². The predicted octanol–water partition coefficient (Wildman–Crippen LogP) is 5.93. The largest absolute Gasteiger partial charge is 0.489 e. The molecule has 30 heavy (non-hydrogen) atoms. The first kappa shape index (κ1) is 22.2. The van der Waals surface area contributed by atoms with Crippen molar-refractivity contribution in [2.45, 2.75) is 71.0 Å². The van der Waals surface area contributed by atoms with Gasteiger partial charge in [-0.05, 0) is 30.7 Å². The molecule has 160 valence electrons. The molecule has 0 spiro atoms. The van der Waals surface area contributed by atoms with E-state index >= 15 is 0 Å². The van der Waals surface area contributed by atoms with Crippen LogP contribution in [0.4, 0.5) is 0 Å². The van der Waals surface area contributed by atoms with E-state index in [0.717, 1.165) is 43.6 Å². The fraction of sp³-hybridized carbons (Fsp3) is 0.500. The summed E-state index contributed by atoms with van der Waals surface area (Å²) in [5, 5.41) is 0. The van der Waals surface area contributed by atoms with Gasteiger partial charge in [-0.2, -0.15) is 0 Å². The Bertz CT molecular complexity index is 804. The fourth-order valence-electron chi connectivity index (χ4n) is 3.37. The van der Waals surface area contributed by atoms with Crippen molar-refractivity contribution < 1.29 is 14.2 Å². The second-order valence-electron chi connectivity index (χ2n) is 7.71. The minimum Gasteiger partial charge on any atom is -0.489 e. The highest BCUT2D eigenvalue weighted by molar-refractivity contribution is 5.38. The van der Waals surface area contributed by atoms with Crippen LogP contribution in [-0.2, 0) is 11.3 Å². The van der Waals surface area contributed by atoms with Crippen molar-refractivity contribution in [2.24, 2.45) is 0 Å². The molecule has 0 saturated carbocycles. The van der Waals surface area contributed by atoms with E-state index in [1.165, 1.54) is 25.7 Å². The highest BCUT2D eigenvalue weighted by Gasteiger charge is 2.16. The number of rotatable bonds is 11. The molecule has 2 heterocycles. The van der Waals surface area contributed by atoms with E-state index in [2.05, 4.69) is 35.9 Å². The number of hydrogen-bond donors (Lipinski definition) is 0. The average Bonchev–Trinajstić information content (AvgIpc) is 3.30. The Morgan fingerprint density at radius 3 is 2.73 bits per heavy atom. The molecular weight excluding hydrogens is 374 g/mol. The van der Waals surface area contributed by atoms with E-state index in [9.17, 15) is 0 Å². The molecule has 1 aliphatic rings. The second kappa shape index (κ2) is 12.9. The molecule has 1 aromatic carbocycles. The summed E-state index contributed by atoms with van der Waals surface area (Å²) in [6.45, 7) is 4.06. The first-order valence-electron chi connectivity index (χ1n) is 11.3. The number of unbranched alkanes of at least 4 members (excludes halogenated alkanes) is 5. The number of aromatic nitrogens is 1. The maximum Gasteiger partial charge on any atom is 0.218 e. The third-order valence-corrected chi connectivity index (χ3v) is 5.09. The van der Waals surface area contributed by atoms with Gasteiger partial charge < -0.3 is 14.2 Å². The minimum absolute atomic E-state index is 0.151. The van der Waals surface area contributed by atoms with Crippen LogP contribution in [0, 0.1) is 11.8 Å². The molecule has 0 N–H and O–H groups in total. The Morgan fingerprint density at radius 1 is 1.07 bits per heavy atom. The maximum absolute atomic E-state index is 6.00. The smallest absolute Gasteiger partial charge is 0.218 e. The number of benzene rings is 1. The first-order chi connectivity index (χ1) is 14.8. The zero-order valence-electron chi connectivity index (χ0n) is 18.1. The highest BCUT2D eigenvalue weighted by Crippen LogP contribution is 2.22. The Hall–Kier alpha value is -2.51. The molecular formula is C26H33NO3. The van der Waals surface area contributed by atoms with Crippen LogP contribution in [0.25, 0.3) is 0 Å². The zero-order valence-corrected chi connectivity index (χ0v) is 18.1. The summed E-state index contributed by atoms with van der Waals surface area (Å²) in [6.07, 6.45) is 9.42. The van der Waals surface area contributed by atoms with Crippen LogP contribution in [0.5, 0.6) is 11.6 Å². The van der Waals surface area contributed by atoms with Crippen LogP contribution in [0.2, 0.25) is 0 Å². The standard InChI is InChI=1S/C26H33NO3/c1-2-3-4-5-6-7-11-15-23-18-25(29-20-22-13-9-8-10-14-22)19-26(27-23)30-21-24-16-12-17-28-24/h8-10,13-14,18-19,24H,2-7,12,16-17,20-21H2,1H3. The Labute approximate surface area is 181 Å². The molecule has 0 bridgehead atoms. The SMILES string of the molecule is CCCCCCCC#Cc1cc(OCc2ccccc2)cc(OCC2CCCO2)n1. The summed E-state index contributed by atoms with van der Waals surface area (Å²) in [7, 11) is 0. The summed E-state index contributed by atoms with van der Waals surface area (Å²) in [4.78, 5) is 4.57. The molecule has 1 aliphatic heterocycles. The van der Waals surface area contributed by atoms with Gasteiger partial charge in [0.05, 0.1) is 6.10 Å². The van der Waals surface area contributed by atoms with E-state index in [1.54, 1.807) is 0 Å². The normalized spacial score (nSPS) is 15.4. The topological polar surface area (TPSA) is 40.6 Å². The molecule has 1 fully saturated rings. The van der Waals surface area contributed by atoms with Crippen LogP contribution in [-0.4, -0.2) is 24.3 Å². The fourth-order valence-corrected chi connectivity index (χ4v) is 3.37. The van der Waals surface area contributed by atoms with Crippen molar-refractivity contribution in [3.05, 3.63) is 53.7 Å². The van der Waals surface area contributed by atoms with Gasteiger partial charge in [0.1, 0.15) is 24.7 Å². The van der Waals surface area contributed by atoms with Crippen molar-refractivity contribution in [3.63, 3.8) is 0 Å². The Kier molecular flexibility index (Phi) is 9.56. The van der Waals surface area contributed by atoms with Gasteiger partial charge in [0.2, 0.25) is 5.88 Å². The van der Waals surface area contributed by atoms with E-state index in [0.29, 0.717) is 24.8 Å². The third-order valence-electron chi connectivity index (χ3n) is 5.09. The minimum atomic E-state index is 0.151. The number of hydrogen-bond acceptors (Lipinski definition) is 4. The lowest BCUT2D eigenvalue weighted by atomic mass is 10.1. The van der Waals surface area contributed by atoms with Gasteiger partial charge in [-0.15, -0.1) is 0 Å². The van der Waals surface area contributed by atoms with Crippen LogP contribution in [0.15, 0.2) is 42.5 Å². The van der Waals surface area contributed by atoms with Gasteiger partial charge in [-0.25, -0.2) is 4.98 Å². The van der Waals surface area contributed by atoms with Gasteiger partial charge in [0, 0.05) is 25.2 Å². The second-order valence-corrected chi connectivity index (χ2v) is 7.71. The molecule has 4 nitrogen and oxygen atoms in total. The highest BCUT2D eigenvalue weighted by atomic mass is 16.5. The molecule has 0 aliphatic carbocycles. The van der Waals surface area contributed by atoms with Gasteiger partial charge in [0.15, 0.2) is 0 Å². The summed E-state index contributed by atoms with van der Waals surface area (Å²) >= 11 is 0. The summed E-state index contributed by atoms with van der Waals surface area (Å²) in [5.41, 5.74) is 1.81. The number of pyridine rings is 1. The van der Waals surface area contributed by atoms with Crippen molar-refractivity contribution >= 4 is 0 Å². The Morgan fingerprint density at radius 2 is 1.93 bits per heavy atom. The van der Waals surface area contributed by atoms with Crippen molar-refractivity contribution in [3.8, 4) is 23.5 Å². The lowest BCUT2D eigenvalue weighted by molar-refractivity contribution is 0.0662. The van der Waals surface area contributed by atoms with Gasteiger partial charge in [0.25, 0.3) is 0 Å².